The molecule has 8 heteroatoms. The van der Waals surface area contributed by atoms with Crippen LogP contribution in [0.5, 0.6) is 0 Å². The van der Waals surface area contributed by atoms with E-state index < -0.39 is 0 Å². The SMILES string of the molecule is CCN(CCN(C)CCO)c1cc2c(NCc3cccc(C#N)c3C)nnc(C)c2cn1. The zero-order valence-electron chi connectivity index (χ0n) is 19.3. The Hall–Kier alpha value is -3.28. The molecule has 0 saturated carbocycles. The molecule has 0 aliphatic carbocycles. The molecule has 0 bridgehead atoms. The Kier molecular flexibility index (Phi) is 7.92. The van der Waals surface area contributed by atoms with Crippen molar-refractivity contribution in [1.82, 2.24) is 20.1 Å². The Morgan fingerprint density at radius 2 is 1.94 bits per heavy atom. The lowest BCUT2D eigenvalue weighted by atomic mass is 10.0. The van der Waals surface area contributed by atoms with Gasteiger partial charge in [-0.3, -0.25) is 0 Å². The highest BCUT2D eigenvalue weighted by Gasteiger charge is 2.13. The van der Waals surface area contributed by atoms with Gasteiger partial charge in [-0.25, -0.2) is 4.98 Å². The van der Waals surface area contributed by atoms with E-state index in [0.29, 0.717) is 24.5 Å². The van der Waals surface area contributed by atoms with E-state index in [4.69, 9.17) is 5.11 Å². The van der Waals surface area contributed by atoms with Gasteiger partial charge in [-0.1, -0.05) is 12.1 Å². The summed E-state index contributed by atoms with van der Waals surface area (Å²) in [6.45, 7) is 9.83. The van der Waals surface area contributed by atoms with Crippen LogP contribution < -0.4 is 10.2 Å². The van der Waals surface area contributed by atoms with Gasteiger partial charge < -0.3 is 20.2 Å². The van der Waals surface area contributed by atoms with Crippen molar-refractivity contribution in [3.05, 3.63) is 52.8 Å². The summed E-state index contributed by atoms with van der Waals surface area (Å²) < 4.78 is 0. The molecule has 0 spiro atoms. The second-order valence-corrected chi connectivity index (χ2v) is 7.88. The predicted octanol–water partition coefficient (Wildman–Crippen LogP) is 2.88. The molecule has 3 rings (SSSR count). The Morgan fingerprint density at radius 3 is 2.66 bits per heavy atom. The number of nitriles is 1. The fourth-order valence-electron chi connectivity index (χ4n) is 3.65. The molecular formula is C24H31N7O. The summed E-state index contributed by atoms with van der Waals surface area (Å²) in [7, 11) is 2.00. The van der Waals surface area contributed by atoms with E-state index in [1.54, 1.807) is 0 Å². The van der Waals surface area contributed by atoms with Crippen LogP contribution in [0.15, 0.2) is 30.5 Å². The maximum atomic E-state index is 9.29. The summed E-state index contributed by atoms with van der Waals surface area (Å²) in [5.74, 6) is 1.58. The number of hydrogen-bond donors (Lipinski definition) is 2. The summed E-state index contributed by atoms with van der Waals surface area (Å²) in [5, 5.41) is 32.5. The van der Waals surface area contributed by atoms with E-state index >= 15 is 0 Å². The monoisotopic (exact) mass is 433 g/mol. The van der Waals surface area contributed by atoms with Gasteiger partial charge in [0.25, 0.3) is 0 Å². The number of rotatable bonds is 10. The molecule has 0 aliphatic rings. The van der Waals surface area contributed by atoms with E-state index in [9.17, 15) is 5.26 Å². The molecule has 0 aliphatic heterocycles. The van der Waals surface area contributed by atoms with Gasteiger partial charge in [0.05, 0.1) is 23.9 Å². The lowest BCUT2D eigenvalue weighted by molar-refractivity contribution is 0.224. The largest absolute Gasteiger partial charge is 0.395 e. The van der Waals surface area contributed by atoms with Gasteiger partial charge >= 0.3 is 0 Å². The number of aromatic nitrogens is 3. The summed E-state index contributed by atoms with van der Waals surface area (Å²) in [4.78, 5) is 9.00. The second kappa shape index (κ2) is 10.8. The van der Waals surface area contributed by atoms with Crippen molar-refractivity contribution in [3.8, 4) is 6.07 Å². The van der Waals surface area contributed by atoms with Gasteiger partial charge in [-0.15, -0.1) is 5.10 Å². The number of aliphatic hydroxyl groups excluding tert-OH is 1. The van der Waals surface area contributed by atoms with Crippen molar-refractivity contribution in [2.75, 3.05) is 50.1 Å². The molecule has 0 amide bonds. The van der Waals surface area contributed by atoms with Gasteiger partial charge in [0.2, 0.25) is 0 Å². The molecule has 0 unspecified atom stereocenters. The van der Waals surface area contributed by atoms with Gasteiger partial charge in [0.15, 0.2) is 5.82 Å². The maximum Gasteiger partial charge on any atom is 0.157 e. The topological polar surface area (TPSA) is 101 Å². The molecule has 2 N–H and O–H groups in total. The van der Waals surface area contributed by atoms with Crippen LogP contribution in [0.2, 0.25) is 0 Å². The van der Waals surface area contributed by atoms with Crippen LogP contribution in [0.25, 0.3) is 10.8 Å². The molecule has 32 heavy (non-hydrogen) atoms. The normalized spacial score (nSPS) is 11.0. The number of anilines is 2. The van der Waals surface area contributed by atoms with Crippen LogP contribution in [0.1, 0.15) is 29.3 Å². The highest BCUT2D eigenvalue weighted by Crippen LogP contribution is 2.27. The van der Waals surface area contributed by atoms with Gasteiger partial charge in [0.1, 0.15) is 5.82 Å². The minimum Gasteiger partial charge on any atom is -0.395 e. The summed E-state index contributed by atoms with van der Waals surface area (Å²) in [6.07, 6.45) is 1.86. The molecular weight excluding hydrogens is 402 g/mol. The zero-order valence-corrected chi connectivity index (χ0v) is 19.3. The minimum atomic E-state index is 0.153. The Balaban J connectivity index is 1.87. The fourth-order valence-corrected chi connectivity index (χ4v) is 3.65. The summed E-state index contributed by atoms with van der Waals surface area (Å²) >= 11 is 0. The van der Waals surface area contributed by atoms with Crippen LogP contribution >= 0.6 is 0 Å². The molecule has 0 saturated heterocycles. The number of hydrogen-bond acceptors (Lipinski definition) is 8. The molecule has 0 atom stereocenters. The first-order valence-electron chi connectivity index (χ1n) is 10.9. The van der Waals surface area contributed by atoms with Crippen LogP contribution in [0.4, 0.5) is 11.6 Å². The van der Waals surface area contributed by atoms with Crippen LogP contribution in [0, 0.1) is 25.2 Å². The third-order valence-corrected chi connectivity index (χ3v) is 5.79. The van der Waals surface area contributed by atoms with E-state index in [1.807, 2.05) is 45.3 Å². The predicted molar refractivity (Wildman–Crippen MR) is 128 cm³/mol. The summed E-state index contributed by atoms with van der Waals surface area (Å²) in [5.41, 5.74) is 3.53. The third-order valence-electron chi connectivity index (χ3n) is 5.79. The molecule has 2 aromatic heterocycles. The van der Waals surface area contributed by atoms with E-state index in [2.05, 4.69) is 49.4 Å². The average molecular weight is 434 g/mol. The number of aliphatic hydroxyl groups is 1. The highest BCUT2D eigenvalue weighted by molar-refractivity contribution is 5.94. The number of benzene rings is 1. The lowest BCUT2D eigenvalue weighted by Gasteiger charge is -2.25. The number of likely N-dealkylation sites (N-methyl/N-ethyl adjacent to an activating group) is 2. The molecule has 3 aromatic rings. The first-order chi connectivity index (χ1) is 15.5. The first-order valence-corrected chi connectivity index (χ1v) is 10.9. The Labute approximate surface area is 189 Å². The standard InChI is InChI=1S/C24H31N7O/c1-5-31(10-9-30(4)11-12-32)23-13-21-22(16-26-23)18(3)28-29-24(21)27-15-20-8-6-7-19(14-25)17(20)2/h6-8,13,16,32H,5,9-12,15H2,1-4H3,(H,27,29). The van der Waals surface area contributed by atoms with Gasteiger partial charge in [-0.05, 0) is 51.1 Å². The quantitative estimate of drug-likeness (QED) is 0.503. The first kappa shape index (κ1) is 23.4. The van der Waals surface area contributed by atoms with Crippen LogP contribution in [0.3, 0.4) is 0 Å². The Morgan fingerprint density at radius 1 is 1.12 bits per heavy atom. The van der Waals surface area contributed by atoms with Crippen molar-refractivity contribution in [2.24, 2.45) is 0 Å². The second-order valence-electron chi connectivity index (χ2n) is 7.88. The maximum absolute atomic E-state index is 9.29. The molecule has 1 aromatic carbocycles. The number of fused-ring (bicyclic) bond motifs is 1. The number of pyridine rings is 1. The minimum absolute atomic E-state index is 0.153. The number of nitrogens with zero attached hydrogens (tertiary/aromatic N) is 6. The molecule has 2 heterocycles. The summed E-state index contributed by atoms with van der Waals surface area (Å²) in [6, 6.07) is 10.0. The molecule has 0 radical (unpaired) electrons. The van der Waals surface area contributed by atoms with Crippen molar-refractivity contribution < 1.29 is 5.11 Å². The van der Waals surface area contributed by atoms with Gasteiger partial charge in [-0.2, -0.15) is 10.4 Å². The van der Waals surface area contributed by atoms with Crippen molar-refractivity contribution in [1.29, 1.82) is 5.26 Å². The molecule has 8 nitrogen and oxygen atoms in total. The third kappa shape index (κ3) is 5.31. The number of aryl methyl sites for hydroxylation is 1. The van der Waals surface area contributed by atoms with Crippen molar-refractivity contribution in [3.63, 3.8) is 0 Å². The lowest BCUT2D eigenvalue weighted by Crippen LogP contribution is -2.34. The molecule has 168 valence electrons. The fraction of sp³-hybridized carbons (Fsp3) is 0.417. The van der Waals surface area contributed by atoms with Crippen LogP contribution in [-0.4, -0.2) is 65.0 Å². The van der Waals surface area contributed by atoms with Crippen molar-refractivity contribution in [2.45, 2.75) is 27.3 Å². The van der Waals surface area contributed by atoms with E-state index in [1.165, 1.54) is 0 Å². The van der Waals surface area contributed by atoms with Crippen LogP contribution in [-0.2, 0) is 6.54 Å². The van der Waals surface area contributed by atoms with Gasteiger partial charge in [0, 0.05) is 49.7 Å². The average Bonchev–Trinajstić information content (AvgIpc) is 2.80. The number of nitrogens with one attached hydrogen (secondary N) is 1. The highest BCUT2D eigenvalue weighted by atomic mass is 16.3. The van der Waals surface area contributed by atoms with E-state index in [-0.39, 0.29) is 6.61 Å². The molecule has 0 fully saturated rings. The van der Waals surface area contributed by atoms with E-state index in [0.717, 1.165) is 53.0 Å². The Bertz CT molecular complexity index is 1110. The zero-order chi connectivity index (χ0) is 23.1. The smallest absolute Gasteiger partial charge is 0.157 e. The van der Waals surface area contributed by atoms with Crippen molar-refractivity contribution >= 4 is 22.4 Å².